The van der Waals surface area contributed by atoms with E-state index in [0.717, 1.165) is 30.0 Å². The number of halogens is 1. The number of hydrogen-bond donors (Lipinski definition) is 1. The molecule has 0 radical (unpaired) electrons. The Morgan fingerprint density at radius 2 is 2.05 bits per heavy atom. The van der Waals surface area contributed by atoms with Crippen LogP contribution in [-0.2, 0) is 0 Å². The second-order valence-corrected chi connectivity index (χ2v) is 5.85. The molecule has 0 amide bonds. The van der Waals surface area contributed by atoms with Crippen LogP contribution in [0, 0.1) is 18.7 Å². The maximum Gasteiger partial charge on any atom is 0.126 e. The van der Waals surface area contributed by atoms with Crippen molar-refractivity contribution in [3.05, 3.63) is 35.1 Å². The molecule has 0 aliphatic heterocycles. The Kier molecular flexibility index (Phi) is 5.38. The first-order chi connectivity index (χ1) is 9.20. The third kappa shape index (κ3) is 4.04. The Morgan fingerprint density at radius 3 is 2.68 bits per heavy atom. The van der Waals surface area contributed by atoms with E-state index in [-0.39, 0.29) is 5.82 Å². The molecule has 1 aromatic carbocycles. The van der Waals surface area contributed by atoms with Crippen LogP contribution in [0.4, 0.5) is 4.39 Å². The molecule has 2 rings (SSSR count). The van der Waals surface area contributed by atoms with Gasteiger partial charge in [0.05, 0.1) is 0 Å². The zero-order valence-electron chi connectivity index (χ0n) is 12.2. The van der Waals surface area contributed by atoms with Gasteiger partial charge in [-0.2, -0.15) is 0 Å². The molecule has 1 unspecified atom stereocenters. The SMILES string of the molecule is CCNC(CCC1CCCC1)c1ccc(C)c(F)c1. The third-order valence-corrected chi connectivity index (χ3v) is 4.39. The fourth-order valence-corrected chi connectivity index (χ4v) is 3.16. The summed E-state index contributed by atoms with van der Waals surface area (Å²) in [6, 6.07) is 5.98. The molecule has 1 aromatic rings. The van der Waals surface area contributed by atoms with E-state index in [9.17, 15) is 4.39 Å². The lowest BCUT2D eigenvalue weighted by Crippen LogP contribution is -2.21. The minimum atomic E-state index is -0.0822. The summed E-state index contributed by atoms with van der Waals surface area (Å²) in [5.41, 5.74) is 1.83. The highest BCUT2D eigenvalue weighted by Gasteiger charge is 2.18. The number of aryl methyl sites for hydroxylation is 1. The van der Waals surface area contributed by atoms with Crippen LogP contribution in [0.1, 0.15) is 62.6 Å². The van der Waals surface area contributed by atoms with E-state index in [1.165, 1.54) is 32.1 Å². The van der Waals surface area contributed by atoms with Gasteiger partial charge in [-0.3, -0.25) is 0 Å². The Labute approximate surface area is 116 Å². The average molecular weight is 263 g/mol. The van der Waals surface area contributed by atoms with Crippen molar-refractivity contribution in [1.29, 1.82) is 0 Å². The summed E-state index contributed by atoms with van der Waals surface area (Å²) in [4.78, 5) is 0. The largest absolute Gasteiger partial charge is 0.310 e. The smallest absolute Gasteiger partial charge is 0.126 e. The molecule has 0 aromatic heterocycles. The van der Waals surface area contributed by atoms with Crippen LogP contribution >= 0.6 is 0 Å². The minimum absolute atomic E-state index is 0.0822. The van der Waals surface area contributed by atoms with Crippen LogP contribution in [0.2, 0.25) is 0 Å². The number of rotatable bonds is 6. The molecule has 1 fully saturated rings. The van der Waals surface area contributed by atoms with Crippen molar-refractivity contribution < 1.29 is 4.39 Å². The summed E-state index contributed by atoms with van der Waals surface area (Å²) in [7, 11) is 0. The molecule has 19 heavy (non-hydrogen) atoms. The lowest BCUT2D eigenvalue weighted by molar-refractivity contribution is 0.416. The molecule has 0 spiro atoms. The predicted octanol–water partition coefficient (Wildman–Crippen LogP) is 4.76. The number of benzene rings is 1. The summed E-state index contributed by atoms with van der Waals surface area (Å²) < 4.78 is 13.7. The Morgan fingerprint density at radius 1 is 1.32 bits per heavy atom. The highest BCUT2D eigenvalue weighted by molar-refractivity contribution is 5.25. The lowest BCUT2D eigenvalue weighted by atomic mass is 9.94. The predicted molar refractivity (Wildman–Crippen MR) is 78.7 cm³/mol. The summed E-state index contributed by atoms with van der Waals surface area (Å²) >= 11 is 0. The van der Waals surface area contributed by atoms with Crippen LogP contribution in [-0.4, -0.2) is 6.54 Å². The molecular formula is C17H26FN. The Bertz CT molecular complexity index is 396. The van der Waals surface area contributed by atoms with Gasteiger partial charge in [0.1, 0.15) is 5.82 Å². The molecule has 1 N–H and O–H groups in total. The lowest BCUT2D eigenvalue weighted by Gasteiger charge is -2.20. The van der Waals surface area contributed by atoms with Gasteiger partial charge < -0.3 is 5.32 Å². The van der Waals surface area contributed by atoms with E-state index in [2.05, 4.69) is 18.3 Å². The molecule has 0 heterocycles. The van der Waals surface area contributed by atoms with E-state index in [1.807, 2.05) is 13.0 Å². The van der Waals surface area contributed by atoms with E-state index in [1.54, 1.807) is 6.07 Å². The number of nitrogens with one attached hydrogen (secondary N) is 1. The summed E-state index contributed by atoms with van der Waals surface area (Å²) in [5, 5.41) is 3.50. The highest BCUT2D eigenvalue weighted by atomic mass is 19.1. The zero-order valence-corrected chi connectivity index (χ0v) is 12.2. The van der Waals surface area contributed by atoms with Crippen LogP contribution in [0.5, 0.6) is 0 Å². The Balaban J connectivity index is 1.99. The molecular weight excluding hydrogens is 237 g/mol. The van der Waals surface area contributed by atoms with Crippen LogP contribution < -0.4 is 5.32 Å². The van der Waals surface area contributed by atoms with Crippen molar-refractivity contribution in [1.82, 2.24) is 5.32 Å². The van der Waals surface area contributed by atoms with Crippen LogP contribution in [0.3, 0.4) is 0 Å². The van der Waals surface area contributed by atoms with Crippen LogP contribution in [0.25, 0.3) is 0 Å². The molecule has 2 heteroatoms. The molecule has 1 aliphatic carbocycles. The maximum atomic E-state index is 13.7. The summed E-state index contributed by atoms with van der Waals surface area (Å²) in [6.07, 6.45) is 7.97. The van der Waals surface area contributed by atoms with Crippen molar-refractivity contribution >= 4 is 0 Å². The average Bonchev–Trinajstić information content (AvgIpc) is 2.91. The van der Waals surface area contributed by atoms with E-state index in [4.69, 9.17) is 0 Å². The first-order valence-electron chi connectivity index (χ1n) is 7.70. The van der Waals surface area contributed by atoms with Gasteiger partial charge in [0, 0.05) is 6.04 Å². The molecule has 1 nitrogen and oxygen atoms in total. The van der Waals surface area contributed by atoms with E-state index < -0.39 is 0 Å². The van der Waals surface area contributed by atoms with E-state index in [0.29, 0.717) is 6.04 Å². The Hall–Kier alpha value is -0.890. The van der Waals surface area contributed by atoms with Gasteiger partial charge in [-0.05, 0) is 49.4 Å². The molecule has 0 bridgehead atoms. The molecule has 1 atom stereocenters. The van der Waals surface area contributed by atoms with Gasteiger partial charge in [0.2, 0.25) is 0 Å². The second-order valence-electron chi connectivity index (χ2n) is 5.85. The van der Waals surface area contributed by atoms with Crippen molar-refractivity contribution in [2.24, 2.45) is 5.92 Å². The van der Waals surface area contributed by atoms with Gasteiger partial charge >= 0.3 is 0 Å². The van der Waals surface area contributed by atoms with Crippen molar-refractivity contribution in [2.75, 3.05) is 6.54 Å². The maximum absolute atomic E-state index is 13.7. The standard InChI is InChI=1S/C17H26FN/c1-3-19-17(11-9-14-6-4-5-7-14)15-10-8-13(2)16(18)12-15/h8,10,12,14,17,19H,3-7,9,11H2,1-2H3. The molecule has 1 aliphatic rings. The van der Waals surface area contributed by atoms with Gasteiger partial charge in [0.15, 0.2) is 0 Å². The summed E-state index contributed by atoms with van der Waals surface area (Å²) in [5.74, 6) is 0.817. The van der Waals surface area contributed by atoms with Crippen molar-refractivity contribution in [3.63, 3.8) is 0 Å². The quantitative estimate of drug-likeness (QED) is 0.780. The fraction of sp³-hybridized carbons (Fsp3) is 0.647. The highest BCUT2D eigenvalue weighted by Crippen LogP contribution is 2.31. The second kappa shape index (κ2) is 7.04. The molecule has 1 saturated carbocycles. The third-order valence-electron chi connectivity index (χ3n) is 4.39. The zero-order chi connectivity index (χ0) is 13.7. The first-order valence-corrected chi connectivity index (χ1v) is 7.70. The van der Waals surface area contributed by atoms with Gasteiger partial charge in [-0.25, -0.2) is 4.39 Å². The van der Waals surface area contributed by atoms with Gasteiger partial charge in [-0.15, -0.1) is 0 Å². The van der Waals surface area contributed by atoms with Crippen molar-refractivity contribution in [2.45, 2.75) is 58.4 Å². The summed E-state index contributed by atoms with van der Waals surface area (Å²) in [6.45, 7) is 4.87. The monoisotopic (exact) mass is 263 g/mol. The molecule has 0 saturated heterocycles. The minimum Gasteiger partial charge on any atom is -0.310 e. The van der Waals surface area contributed by atoms with Gasteiger partial charge in [0.25, 0.3) is 0 Å². The van der Waals surface area contributed by atoms with Crippen LogP contribution in [0.15, 0.2) is 18.2 Å². The normalized spacial score (nSPS) is 17.8. The topological polar surface area (TPSA) is 12.0 Å². The number of hydrogen-bond acceptors (Lipinski definition) is 1. The van der Waals surface area contributed by atoms with Crippen molar-refractivity contribution in [3.8, 4) is 0 Å². The first kappa shape index (κ1) is 14.5. The van der Waals surface area contributed by atoms with E-state index >= 15 is 0 Å². The van der Waals surface area contributed by atoms with Gasteiger partial charge in [-0.1, -0.05) is 44.7 Å². The molecule has 106 valence electrons. The fourth-order valence-electron chi connectivity index (χ4n) is 3.16.